The Morgan fingerprint density at radius 3 is 0.250 bits per heavy atom. The van der Waals surface area contributed by atoms with Gasteiger partial charge in [-0.1, -0.05) is 84.1 Å². The van der Waals surface area contributed by atoms with Gasteiger partial charge in [0.1, 0.15) is 0 Å². The zero-order chi connectivity index (χ0) is 10.0. The average Bonchev–Trinajstić information content (AvgIpc) is 2.20. The van der Waals surface area contributed by atoms with Gasteiger partial charge in [-0.2, -0.15) is 0 Å². The van der Waals surface area contributed by atoms with E-state index < -0.39 is 0 Å². The number of rotatable bonds is 0. The molecule has 0 aliphatic heterocycles. The number of hydrogen-bond donors (Lipinski definition) is 0. The van der Waals surface area contributed by atoms with Gasteiger partial charge in [-0.15, -0.1) is 0 Å². The summed E-state index contributed by atoms with van der Waals surface area (Å²) in [5, 5.41) is 0. The maximum absolute atomic E-state index is 2.00. The highest BCUT2D eigenvalue weighted by Gasteiger charge is 0.940. The van der Waals surface area contributed by atoms with Crippen molar-refractivity contribution in [2.75, 3.05) is 0 Å². The summed E-state index contributed by atoms with van der Waals surface area (Å²) in [6.45, 7) is 20.0. The third kappa shape index (κ3) is 0. The first-order valence-electron chi connectivity index (χ1n) is 5.00. The molecule has 0 aliphatic rings. The molecule has 0 unspecified atom stereocenters. The molecule has 0 radical (unpaired) electrons. The lowest BCUT2D eigenvalue weighted by molar-refractivity contribution is 1.50. The van der Waals surface area contributed by atoms with Gasteiger partial charge in [0.25, 0.3) is 0 Å². The Kier molecular flexibility index (Phi) is 0. The van der Waals surface area contributed by atoms with Crippen LogP contribution in [0.1, 0.15) is 84.1 Å². The molecule has 0 aliphatic carbocycles. The minimum atomic E-state index is 0. The Labute approximate surface area is 84.8 Å². The standard InChI is InChI=1S/5C2H6.2CH4/c5*1-2;;/h5*1-2H3;2*1H4. The van der Waals surface area contributed by atoms with E-state index in [9.17, 15) is 0 Å². The minimum Gasteiger partial charge on any atom is -0.0776 e. The lowest BCUT2D eigenvalue weighted by Crippen LogP contribution is -0.856. The summed E-state index contributed by atoms with van der Waals surface area (Å²) in [7, 11) is 0. The molecule has 0 saturated carbocycles. The molecular weight excluding hydrogens is 144 g/mol. The van der Waals surface area contributed by atoms with E-state index in [-0.39, 0.29) is 14.9 Å². The van der Waals surface area contributed by atoms with E-state index in [1.54, 1.807) is 0 Å². The zero-order valence-corrected chi connectivity index (χ0v) is 10.0. The lowest BCUT2D eigenvalue weighted by atomic mass is 11.0. The molecule has 0 saturated heterocycles. The molecule has 0 amide bonds. The van der Waals surface area contributed by atoms with Crippen LogP contribution in [0.15, 0.2) is 0 Å². The normalized spacial score (nSPS) is 2.50. The summed E-state index contributed by atoms with van der Waals surface area (Å²) in [5.41, 5.74) is 0. The highest BCUT2D eigenvalue weighted by Crippen LogP contribution is 1.15. The van der Waals surface area contributed by atoms with E-state index in [4.69, 9.17) is 0 Å². The van der Waals surface area contributed by atoms with E-state index >= 15 is 0 Å². The molecule has 0 aromatic rings. The Morgan fingerprint density at radius 2 is 0.250 bits per heavy atom. The summed E-state index contributed by atoms with van der Waals surface area (Å²) in [5.74, 6) is 0. The van der Waals surface area contributed by atoms with Crippen molar-refractivity contribution < 1.29 is 0 Å². The van der Waals surface area contributed by atoms with Gasteiger partial charge in [0, 0.05) is 0 Å². The van der Waals surface area contributed by atoms with Gasteiger partial charge >= 0.3 is 0 Å². The molecule has 0 nitrogen and oxygen atoms in total. The first-order chi connectivity index (χ1) is 5.00. The molecule has 0 heterocycles. The van der Waals surface area contributed by atoms with Gasteiger partial charge in [-0.25, -0.2) is 0 Å². The fraction of sp³-hybridized carbons (Fsp3) is 1.00. The van der Waals surface area contributed by atoms with Gasteiger partial charge in [0.15, 0.2) is 0 Å². The zero-order valence-electron chi connectivity index (χ0n) is 10.0. The van der Waals surface area contributed by atoms with E-state index in [0.29, 0.717) is 0 Å². The molecule has 12 heavy (non-hydrogen) atoms. The van der Waals surface area contributed by atoms with Crippen molar-refractivity contribution in [2.24, 2.45) is 0 Å². The van der Waals surface area contributed by atoms with E-state index in [1.807, 2.05) is 69.2 Å². The molecule has 0 spiro atoms. The van der Waals surface area contributed by atoms with Crippen molar-refractivity contribution in [3.05, 3.63) is 0 Å². The molecule has 0 heteroatoms. The Balaban J connectivity index is -0.00000000500. The van der Waals surface area contributed by atoms with E-state index in [0.717, 1.165) is 0 Å². The second kappa shape index (κ2) is 0. The third-order valence-corrected chi connectivity index (χ3v) is 0. The second-order valence-electron chi connectivity index (χ2n) is 0. The Hall–Kier alpha value is 0. The van der Waals surface area contributed by atoms with Gasteiger partial charge < -0.3 is 0 Å². The molecule has 0 N–H and O–H groups in total. The molecule has 0 atom stereocenters. The van der Waals surface area contributed by atoms with Gasteiger partial charge in [0.2, 0.25) is 0 Å². The first kappa shape index (κ1) is 58.1. The van der Waals surface area contributed by atoms with Crippen LogP contribution in [0.25, 0.3) is 0 Å². The van der Waals surface area contributed by atoms with Crippen molar-refractivity contribution in [1.82, 2.24) is 0 Å². The van der Waals surface area contributed by atoms with Gasteiger partial charge in [0.05, 0.1) is 0 Å². The molecule has 86 valence electrons. The van der Waals surface area contributed by atoms with Crippen molar-refractivity contribution in [2.45, 2.75) is 84.1 Å². The van der Waals surface area contributed by atoms with Crippen LogP contribution in [-0.4, -0.2) is 0 Å². The average molecular weight is 182 g/mol. The third-order valence-electron chi connectivity index (χ3n) is 0. The van der Waals surface area contributed by atoms with Crippen molar-refractivity contribution in [1.29, 1.82) is 0 Å². The fourth-order valence-corrected chi connectivity index (χ4v) is 0. The van der Waals surface area contributed by atoms with Crippen molar-refractivity contribution in [3.63, 3.8) is 0 Å². The molecule has 0 aromatic carbocycles. The molecule has 0 aromatic heterocycles. The lowest BCUT2D eigenvalue weighted by Gasteiger charge is -1.07. The van der Waals surface area contributed by atoms with Gasteiger partial charge in [-0.3, -0.25) is 0 Å². The topological polar surface area (TPSA) is 0 Å². The summed E-state index contributed by atoms with van der Waals surface area (Å²) in [4.78, 5) is 0. The van der Waals surface area contributed by atoms with Crippen molar-refractivity contribution >= 4 is 0 Å². The van der Waals surface area contributed by atoms with Crippen LogP contribution in [0.5, 0.6) is 0 Å². The van der Waals surface area contributed by atoms with Crippen molar-refractivity contribution in [3.8, 4) is 0 Å². The van der Waals surface area contributed by atoms with E-state index in [2.05, 4.69) is 0 Å². The second-order valence-corrected chi connectivity index (χ2v) is 0. The monoisotopic (exact) mass is 182 g/mol. The van der Waals surface area contributed by atoms with Gasteiger partial charge in [-0.05, 0) is 0 Å². The van der Waals surface area contributed by atoms with E-state index in [1.165, 1.54) is 0 Å². The molecule has 0 fully saturated rings. The maximum Gasteiger partial charge on any atom is -0.0683 e. The van der Waals surface area contributed by atoms with Crippen LogP contribution in [0.3, 0.4) is 0 Å². The first-order valence-corrected chi connectivity index (χ1v) is 5.00. The maximum atomic E-state index is 2.00. The van der Waals surface area contributed by atoms with Crippen LogP contribution >= 0.6 is 0 Å². The summed E-state index contributed by atoms with van der Waals surface area (Å²) in [6.07, 6.45) is 0. The predicted molar refractivity (Wildman–Crippen MR) is 70.2 cm³/mol. The highest BCUT2D eigenvalue weighted by molar-refractivity contribution is 3.51. The Bertz CT molecular complexity index is 0. The SMILES string of the molecule is C.C.CC.CC.CC.CC.CC. The minimum absolute atomic E-state index is 0. The fourth-order valence-electron chi connectivity index (χ4n) is 0. The Morgan fingerprint density at radius 1 is 0.250 bits per heavy atom. The van der Waals surface area contributed by atoms with Crippen LogP contribution in [0.4, 0.5) is 0 Å². The summed E-state index contributed by atoms with van der Waals surface area (Å²) < 4.78 is 0. The predicted octanol–water partition coefficient (Wildman–Crippen LogP) is 6.40. The van der Waals surface area contributed by atoms with Crippen LogP contribution in [-0.2, 0) is 0 Å². The summed E-state index contributed by atoms with van der Waals surface area (Å²) >= 11 is 0. The number of hydrogen-bond acceptors (Lipinski definition) is 0. The molecular formula is C12H38. The molecule has 0 bridgehead atoms. The van der Waals surface area contributed by atoms with Crippen LogP contribution < -0.4 is 0 Å². The molecule has 0 rings (SSSR count). The highest BCUT2D eigenvalue weighted by atomic mass is 13.0. The summed E-state index contributed by atoms with van der Waals surface area (Å²) in [6, 6.07) is 0. The van der Waals surface area contributed by atoms with Crippen LogP contribution in [0.2, 0.25) is 0 Å². The largest absolute Gasteiger partial charge is 0.0776 e. The smallest absolute Gasteiger partial charge is 0.0683 e. The van der Waals surface area contributed by atoms with Crippen LogP contribution in [0, 0.1) is 0 Å². The quantitative estimate of drug-likeness (QED) is 0.406.